The summed E-state index contributed by atoms with van der Waals surface area (Å²) in [6.07, 6.45) is 2.41. The van der Waals surface area contributed by atoms with Crippen molar-refractivity contribution in [3.63, 3.8) is 0 Å². The average molecular weight is 421 g/mol. The topological polar surface area (TPSA) is 43.4 Å². The molecule has 3 fully saturated rings. The molecule has 2 saturated heterocycles. The van der Waals surface area contributed by atoms with Crippen molar-refractivity contribution in [2.75, 3.05) is 0 Å². The Hall–Kier alpha value is -1.20. The predicted molar refractivity (Wildman–Crippen MR) is 107 cm³/mol. The third-order valence-corrected chi connectivity index (χ3v) is 7.79. The highest BCUT2D eigenvalue weighted by Gasteiger charge is 2.63. The van der Waals surface area contributed by atoms with Gasteiger partial charge in [-0.1, -0.05) is 42.3 Å². The number of hydrogen-bond donors (Lipinski definition) is 0. The molecule has 5 atom stereocenters. The summed E-state index contributed by atoms with van der Waals surface area (Å²) < 4.78 is 7.09. The molecule has 27 heavy (non-hydrogen) atoms. The second kappa shape index (κ2) is 6.41. The van der Waals surface area contributed by atoms with Crippen LogP contribution in [0.2, 0.25) is 8.67 Å². The van der Waals surface area contributed by atoms with Crippen LogP contribution in [0.4, 0.5) is 0 Å². The Morgan fingerprint density at radius 1 is 1.07 bits per heavy atom. The summed E-state index contributed by atoms with van der Waals surface area (Å²) >= 11 is 13.7. The Balaban J connectivity index is 1.60. The number of ketones is 2. The van der Waals surface area contributed by atoms with E-state index in [2.05, 4.69) is 0 Å². The van der Waals surface area contributed by atoms with Crippen molar-refractivity contribution in [3.8, 4) is 11.1 Å². The molecule has 0 amide bonds. The lowest BCUT2D eigenvalue weighted by atomic mass is 9.81. The van der Waals surface area contributed by atoms with E-state index in [0.717, 1.165) is 41.5 Å². The van der Waals surface area contributed by atoms with Crippen molar-refractivity contribution in [1.82, 2.24) is 0 Å². The molecule has 5 rings (SSSR count). The number of aryl methyl sites for hydroxylation is 1. The highest BCUT2D eigenvalue weighted by molar-refractivity contribution is 7.20. The molecule has 1 saturated carbocycles. The van der Waals surface area contributed by atoms with Gasteiger partial charge in [0.05, 0.1) is 28.4 Å². The fourth-order valence-electron chi connectivity index (χ4n) is 5.12. The summed E-state index contributed by atoms with van der Waals surface area (Å²) in [5.74, 6) is -1.10. The lowest BCUT2D eigenvalue weighted by Crippen LogP contribution is -2.29. The van der Waals surface area contributed by atoms with Crippen LogP contribution >= 0.6 is 34.5 Å². The zero-order valence-electron chi connectivity index (χ0n) is 14.7. The Morgan fingerprint density at radius 3 is 2.30 bits per heavy atom. The molecule has 3 nitrogen and oxygen atoms in total. The first kappa shape index (κ1) is 17.9. The number of carbonyl (C=O) groups is 2. The molecule has 1 aromatic heterocycles. The number of halogens is 2. The standard InChI is InChI=1S/C21H18Cl2O3S/c1-2-9-3-4-10(12-8-15(22)27-21(12)23)7-11(9)16-19(24)17-13-5-6-14(26-13)18(17)20(16)25/h3-4,7-8,13-14,16-18H,2,5-6H2,1H3/t13-,14+,16?,17-,18+. The molecule has 1 aliphatic carbocycles. The fourth-order valence-corrected chi connectivity index (χ4v) is 6.63. The van der Waals surface area contributed by atoms with E-state index < -0.39 is 5.92 Å². The maximum absolute atomic E-state index is 13.2. The van der Waals surface area contributed by atoms with Crippen LogP contribution in [0, 0.1) is 11.8 Å². The molecule has 2 aromatic rings. The lowest BCUT2D eigenvalue weighted by molar-refractivity contribution is -0.127. The highest BCUT2D eigenvalue weighted by atomic mass is 35.5. The Labute approximate surface area is 171 Å². The van der Waals surface area contributed by atoms with Crippen molar-refractivity contribution >= 4 is 46.1 Å². The van der Waals surface area contributed by atoms with Crippen LogP contribution in [0.5, 0.6) is 0 Å². The van der Waals surface area contributed by atoms with Gasteiger partial charge in [0.25, 0.3) is 0 Å². The molecule has 1 aromatic carbocycles. The summed E-state index contributed by atoms with van der Waals surface area (Å²) in [5, 5.41) is 0. The van der Waals surface area contributed by atoms with E-state index in [1.165, 1.54) is 11.3 Å². The van der Waals surface area contributed by atoms with Crippen LogP contribution in [0.1, 0.15) is 36.8 Å². The molecular formula is C21H18Cl2O3S. The summed E-state index contributed by atoms with van der Waals surface area (Å²) in [6, 6.07) is 7.80. The first-order chi connectivity index (χ1) is 13.0. The van der Waals surface area contributed by atoms with Gasteiger partial charge in [0.2, 0.25) is 0 Å². The molecule has 3 aliphatic rings. The van der Waals surface area contributed by atoms with E-state index in [1.54, 1.807) is 0 Å². The molecule has 0 radical (unpaired) electrons. The van der Waals surface area contributed by atoms with Gasteiger partial charge in [0.15, 0.2) is 11.6 Å². The molecule has 2 aliphatic heterocycles. The van der Waals surface area contributed by atoms with E-state index in [4.69, 9.17) is 27.9 Å². The van der Waals surface area contributed by atoms with Crippen LogP contribution in [0.25, 0.3) is 11.1 Å². The number of thiophene rings is 1. The minimum atomic E-state index is -0.671. The number of carbonyl (C=O) groups excluding carboxylic acids is 2. The second-order valence-corrected chi connectivity index (χ2v) is 9.87. The lowest BCUT2D eigenvalue weighted by Gasteiger charge is -2.17. The molecule has 0 spiro atoms. The largest absolute Gasteiger partial charge is 0.373 e. The second-order valence-electron chi connectivity index (χ2n) is 7.58. The van der Waals surface area contributed by atoms with Crippen molar-refractivity contribution in [2.24, 2.45) is 11.8 Å². The maximum atomic E-state index is 13.2. The minimum Gasteiger partial charge on any atom is -0.373 e. The summed E-state index contributed by atoms with van der Waals surface area (Å²) in [5.41, 5.74) is 3.61. The van der Waals surface area contributed by atoms with Crippen LogP contribution in [0.3, 0.4) is 0 Å². The van der Waals surface area contributed by atoms with Crippen molar-refractivity contribution in [1.29, 1.82) is 0 Å². The number of benzene rings is 1. The first-order valence-corrected chi connectivity index (χ1v) is 10.9. The number of Topliss-reactive ketones (excluding diaryl/α,β-unsaturated/α-hetero) is 2. The van der Waals surface area contributed by atoms with Gasteiger partial charge in [0.1, 0.15) is 10.3 Å². The van der Waals surface area contributed by atoms with E-state index in [1.807, 2.05) is 31.2 Å². The summed E-state index contributed by atoms with van der Waals surface area (Å²) in [6.45, 7) is 2.05. The number of fused-ring (bicyclic) bond motifs is 5. The van der Waals surface area contributed by atoms with Crippen LogP contribution < -0.4 is 0 Å². The van der Waals surface area contributed by atoms with E-state index in [9.17, 15) is 9.59 Å². The average Bonchev–Trinajstić information content (AvgIpc) is 3.39. The zero-order valence-corrected chi connectivity index (χ0v) is 17.0. The first-order valence-electron chi connectivity index (χ1n) is 9.30. The van der Waals surface area contributed by atoms with Gasteiger partial charge < -0.3 is 4.74 Å². The van der Waals surface area contributed by atoms with E-state index >= 15 is 0 Å². The normalized spacial score (nSPS) is 31.7. The highest BCUT2D eigenvalue weighted by Crippen LogP contribution is 2.53. The van der Waals surface area contributed by atoms with E-state index in [0.29, 0.717) is 8.67 Å². The molecule has 140 valence electrons. The van der Waals surface area contributed by atoms with Crippen molar-refractivity contribution in [3.05, 3.63) is 44.1 Å². The van der Waals surface area contributed by atoms with E-state index in [-0.39, 0.29) is 35.6 Å². The van der Waals surface area contributed by atoms with Gasteiger partial charge in [-0.15, -0.1) is 11.3 Å². The summed E-state index contributed by atoms with van der Waals surface area (Å²) in [4.78, 5) is 26.5. The van der Waals surface area contributed by atoms with Gasteiger partial charge in [-0.2, -0.15) is 0 Å². The predicted octanol–water partition coefficient (Wildman–Crippen LogP) is 5.31. The monoisotopic (exact) mass is 420 g/mol. The SMILES string of the molecule is CCc1ccc(-c2cc(Cl)sc2Cl)cc1C1C(=O)[C@@H]2[C@H](C1=O)[C@H]1CC[C@@H]2O1. The van der Waals surface area contributed by atoms with Crippen molar-refractivity contribution in [2.45, 2.75) is 44.3 Å². The molecular weight excluding hydrogens is 403 g/mol. The summed E-state index contributed by atoms with van der Waals surface area (Å²) in [7, 11) is 0. The van der Waals surface area contributed by atoms with Crippen LogP contribution in [-0.2, 0) is 20.7 Å². The maximum Gasteiger partial charge on any atom is 0.154 e. The Morgan fingerprint density at radius 2 is 1.74 bits per heavy atom. The molecule has 0 N–H and O–H groups in total. The van der Waals surface area contributed by atoms with Gasteiger partial charge in [-0.05, 0) is 48.1 Å². The number of hydrogen-bond acceptors (Lipinski definition) is 4. The number of ether oxygens (including phenoxy) is 1. The van der Waals surface area contributed by atoms with Crippen LogP contribution in [-0.4, -0.2) is 23.8 Å². The fraction of sp³-hybridized carbons (Fsp3) is 0.429. The zero-order chi connectivity index (χ0) is 18.9. The van der Waals surface area contributed by atoms with Gasteiger partial charge >= 0.3 is 0 Å². The molecule has 3 heterocycles. The van der Waals surface area contributed by atoms with Gasteiger partial charge in [-0.3, -0.25) is 9.59 Å². The number of rotatable bonds is 3. The molecule has 6 heteroatoms. The Bertz CT molecular complexity index is 938. The minimum absolute atomic E-state index is 0.0403. The third-order valence-electron chi connectivity index (χ3n) is 6.30. The van der Waals surface area contributed by atoms with Gasteiger partial charge in [-0.25, -0.2) is 0 Å². The van der Waals surface area contributed by atoms with Crippen molar-refractivity contribution < 1.29 is 14.3 Å². The molecule has 2 bridgehead atoms. The molecule has 1 unspecified atom stereocenters. The van der Waals surface area contributed by atoms with Crippen LogP contribution in [0.15, 0.2) is 24.3 Å². The van der Waals surface area contributed by atoms with Gasteiger partial charge in [0, 0.05) is 5.56 Å². The Kier molecular flexibility index (Phi) is 4.24. The smallest absolute Gasteiger partial charge is 0.154 e. The quantitative estimate of drug-likeness (QED) is 0.631. The third kappa shape index (κ3) is 2.57.